The summed E-state index contributed by atoms with van der Waals surface area (Å²) in [6.45, 7) is 0.487. The van der Waals surface area contributed by atoms with E-state index in [4.69, 9.17) is 4.74 Å². The molecule has 0 amide bonds. The molecule has 2 aromatic carbocycles. The molecule has 0 fully saturated rings. The number of para-hydroxylation sites is 1. The number of nitrogens with zero attached hydrogens (tertiary/aromatic N) is 2. The van der Waals surface area contributed by atoms with Crippen LogP contribution in [0.3, 0.4) is 0 Å². The number of hydrogen-bond donors (Lipinski definition) is 0. The SMILES string of the molecule is Cn1nccc1C(=O)/C=C/c1ccccc1OCc1ccccc1. The standard InChI is InChI=1S/C20H18N2O2/c1-22-18(13-14-21-22)19(23)12-11-17-9-5-6-10-20(17)24-15-16-7-3-2-4-8-16/h2-14H,15H2,1H3/b12-11+. The third kappa shape index (κ3) is 3.79. The van der Waals surface area contributed by atoms with Crippen LogP contribution in [-0.2, 0) is 13.7 Å². The molecule has 24 heavy (non-hydrogen) atoms. The van der Waals surface area contributed by atoms with Crippen molar-refractivity contribution in [2.24, 2.45) is 7.05 Å². The summed E-state index contributed by atoms with van der Waals surface area (Å²) < 4.78 is 7.45. The van der Waals surface area contributed by atoms with Gasteiger partial charge in [-0.3, -0.25) is 9.48 Å². The van der Waals surface area contributed by atoms with Crippen molar-refractivity contribution >= 4 is 11.9 Å². The van der Waals surface area contributed by atoms with Gasteiger partial charge >= 0.3 is 0 Å². The van der Waals surface area contributed by atoms with Crippen molar-refractivity contribution in [3.8, 4) is 5.75 Å². The summed E-state index contributed by atoms with van der Waals surface area (Å²) >= 11 is 0. The van der Waals surface area contributed by atoms with Gasteiger partial charge in [-0.15, -0.1) is 0 Å². The fourth-order valence-electron chi connectivity index (χ4n) is 2.35. The molecule has 3 aromatic rings. The molecule has 0 spiro atoms. The van der Waals surface area contributed by atoms with E-state index in [1.54, 1.807) is 36.1 Å². The first kappa shape index (κ1) is 15.7. The molecule has 0 bridgehead atoms. The second kappa shape index (κ2) is 7.42. The predicted octanol–water partition coefficient (Wildman–Crippen LogP) is 3.90. The fourth-order valence-corrected chi connectivity index (χ4v) is 2.35. The summed E-state index contributed by atoms with van der Waals surface area (Å²) in [5.41, 5.74) is 2.51. The summed E-state index contributed by atoms with van der Waals surface area (Å²) in [6.07, 6.45) is 4.93. The van der Waals surface area contributed by atoms with Gasteiger partial charge in [-0.25, -0.2) is 0 Å². The number of carbonyl (C=O) groups is 1. The van der Waals surface area contributed by atoms with Crippen molar-refractivity contribution in [3.63, 3.8) is 0 Å². The first-order chi connectivity index (χ1) is 11.7. The van der Waals surface area contributed by atoms with E-state index in [1.807, 2.05) is 54.6 Å². The highest BCUT2D eigenvalue weighted by molar-refractivity contribution is 6.05. The second-order valence-electron chi connectivity index (χ2n) is 5.35. The Morgan fingerprint density at radius 1 is 1.08 bits per heavy atom. The highest BCUT2D eigenvalue weighted by Crippen LogP contribution is 2.21. The Balaban J connectivity index is 1.73. The van der Waals surface area contributed by atoms with Gasteiger partial charge in [0.2, 0.25) is 5.78 Å². The molecule has 4 heteroatoms. The lowest BCUT2D eigenvalue weighted by Crippen LogP contribution is -2.03. The van der Waals surface area contributed by atoms with Crippen LogP contribution in [0.5, 0.6) is 5.75 Å². The summed E-state index contributed by atoms with van der Waals surface area (Å²) in [5.74, 6) is 0.656. The topological polar surface area (TPSA) is 44.1 Å². The van der Waals surface area contributed by atoms with Crippen LogP contribution in [0.1, 0.15) is 21.6 Å². The number of allylic oxidation sites excluding steroid dienone is 1. The molecule has 0 N–H and O–H groups in total. The van der Waals surface area contributed by atoms with Gasteiger partial charge in [0, 0.05) is 18.8 Å². The third-order valence-corrected chi connectivity index (χ3v) is 3.64. The minimum absolute atomic E-state index is 0.0899. The average molecular weight is 318 g/mol. The Labute approximate surface area is 141 Å². The van der Waals surface area contributed by atoms with Crippen LogP contribution in [0, 0.1) is 0 Å². The van der Waals surface area contributed by atoms with Crippen LogP contribution in [0.15, 0.2) is 72.9 Å². The molecule has 3 rings (SSSR count). The molecule has 0 radical (unpaired) electrons. The lowest BCUT2D eigenvalue weighted by atomic mass is 10.1. The Kier molecular flexibility index (Phi) is 4.87. The lowest BCUT2D eigenvalue weighted by molar-refractivity contribution is 0.103. The van der Waals surface area contributed by atoms with Crippen LogP contribution in [0.2, 0.25) is 0 Å². The number of carbonyl (C=O) groups excluding carboxylic acids is 1. The first-order valence-corrected chi connectivity index (χ1v) is 7.70. The Hall–Kier alpha value is -3.14. The van der Waals surface area contributed by atoms with Crippen molar-refractivity contribution in [1.29, 1.82) is 0 Å². The molecule has 120 valence electrons. The zero-order chi connectivity index (χ0) is 16.8. The van der Waals surface area contributed by atoms with E-state index in [2.05, 4.69) is 5.10 Å². The van der Waals surface area contributed by atoms with Crippen LogP contribution in [0.25, 0.3) is 6.08 Å². The average Bonchev–Trinajstić information content (AvgIpc) is 3.05. The summed E-state index contributed by atoms with van der Waals surface area (Å²) in [7, 11) is 1.75. The molecular weight excluding hydrogens is 300 g/mol. The van der Waals surface area contributed by atoms with Crippen LogP contribution < -0.4 is 4.74 Å². The minimum atomic E-state index is -0.0899. The molecule has 0 unspecified atom stereocenters. The third-order valence-electron chi connectivity index (χ3n) is 3.64. The number of aromatic nitrogens is 2. The van der Waals surface area contributed by atoms with Gasteiger partial charge in [0.25, 0.3) is 0 Å². The molecule has 0 aliphatic rings. The Morgan fingerprint density at radius 3 is 2.58 bits per heavy atom. The van der Waals surface area contributed by atoms with E-state index in [0.717, 1.165) is 16.9 Å². The number of aryl methyl sites for hydroxylation is 1. The van der Waals surface area contributed by atoms with Crippen molar-refractivity contribution in [3.05, 3.63) is 89.8 Å². The summed E-state index contributed by atoms with van der Waals surface area (Å²) in [4.78, 5) is 12.2. The van der Waals surface area contributed by atoms with Crippen molar-refractivity contribution in [2.75, 3.05) is 0 Å². The van der Waals surface area contributed by atoms with Gasteiger partial charge in [-0.2, -0.15) is 5.10 Å². The smallest absolute Gasteiger partial charge is 0.203 e. The molecule has 0 saturated carbocycles. The van der Waals surface area contributed by atoms with Crippen LogP contribution in [-0.4, -0.2) is 15.6 Å². The lowest BCUT2D eigenvalue weighted by Gasteiger charge is -2.09. The largest absolute Gasteiger partial charge is 0.488 e. The molecule has 0 atom stereocenters. The van der Waals surface area contributed by atoms with E-state index < -0.39 is 0 Å². The first-order valence-electron chi connectivity index (χ1n) is 7.70. The predicted molar refractivity (Wildman–Crippen MR) is 93.8 cm³/mol. The van der Waals surface area contributed by atoms with Gasteiger partial charge in [-0.05, 0) is 29.8 Å². The Morgan fingerprint density at radius 2 is 1.83 bits per heavy atom. The maximum atomic E-state index is 12.2. The highest BCUT2D eigenvalue weighted by atomic mass is 16.5. The monoisotopic (exact) mass is 318 g/mol. The van der Waals surface area contributed by atoms with E-state index in [9.17, 15) is 4.79 Å². The zero-order valence-corrected chi connectivity index (χ0v) is 13.4. The highest BCUT2D eigenvalue weighted by Gasteiger charge is 2.07. The number of ether oxygens (including phenoxy) is 1. The van der Waals surface area contributed by atoms with Gasteiger partial charge in [-0.1, -0.05) is 48.5 Å². The number of rotatable bonds is 6. The maximum absolute atomic E-state index is 12.2. The molecular formula is C20H18N2O2. The van der Waals surface area contributed by atoms with E-state index in [-0.39, 0.29) is 5.78 Å². The fraction of sp³-hybridized carbons (Fsp3) is 0.100. The number of hydrogen-bond acceptors (Lipinski definition) is 3. The van der Waals surface area contributed by atoms with Gasteiger partial charge < -0.3 is 4.74 Å². The number of ketones is 1. The van der Waals surface area contributed by atoms with Crippen molar-refractivity contribution < 1.29 is 9.53 Å². The molecule has 0 aliphatic heterocycles. The van der Waals surface area contributed by atoms with Gasteiger partial charge in [0.1, 0.15) is 18.1 Å². The minimum Gasteiger partial charge on any atom is -0.488 e. The van der Waals surface area contributed by atoms with E-state index in [0.29, 0.717) is 12.3 Å². The second-order valence-corrected chi connectivity index (χ2v) is 5.35. The normalized spacial score (nSPS) is 10.9. The van der Waals surface area contributed by atoms with Gasteiger partial charge in [0.15, 0.2) is 0 Å². The molecule has 1 heterocycles. The Bertz CT molecular complexity index is 851. The van der Waals surface area contributed by atoms with Crippen LogP contribution >= 0.6 is 0 Å². The van der Waals surface area contributed by atoms with Crippen molar-refractivity contribution in [1.82, 2.24) is 9.78 Å². The molecule has 0 saturated heterocycles. The quantitative estimate of drug-likeness (QED) is 0.511. The molecule has 1 aromatic heterocycles. The molecule has 4 nitrogen and oxygen atoms in total. The molecule has 0 aliphatic carbocycles. The maximum Gasteiger partial charge on any atom is 0.203 e. The van der Waals surface area contributed by atoms with E-state index in [1.165, 1.54) is 0 Å². The van der Waals surface area contributed by atoms with Gasteiger partial charge in [0.05, 0.1) is 0 Å². The summed E-state index contributed by atoms with van der Waals surface area (Å²) in [6, 6.07) is 19.3. The summed E-state index contributed by atoms with van der Waals surface area (Å²) in [5, 5.41) is 4.01. The van der Waals surface area contributed by atoms with Crippen molar-refractivity contribution in [2.45, 2.75) is 6.61 Å². The van der Waals surface area contributed by atoms with Crippen LogP contribution in [0.4, 0.5) is 0 Å². The van der Waals surface area contributed by atoms with E-state index >= 15 is 0 Å². The zero-order valence-electron chi connectivity index (χ0n) is 13.4. The number of benzene rings is 2.